The molecule has 2 unspecified atom stereocenters. The Morgan fingerprint density at radius 2 is 2.00 bits per heavy atom. The third kappa shape index (κ3) is 4.48. The first-order valence-electron chi connectivity index (χ1n) is 12.9. The molecule has 8 heteroatoms. The third-order valence-electron chi connectivity index (χ3n) is 7.38. The molecule has 2 aliphatic heterocycles. The Morgan fingerprint density at radius 3 is 2.78 bits per heavy atom. The first-order chi connectivity index (χ1) is 17.7. The highest BCUT2D eigenvalue weighted by molar-refractivity contribution is 6.30. The fourth-order valence-electron chi connectivity index (χ4n) is 5.79. The topological polar surface area (TPSA) is 76.7 Å². The first-order valence-corrected chi connectivity index (χ1v) is 13.2. The minimum absolute atomic E-state index is 0.186. The highest BCUT2D eigenvalue weighted by Crippen LogP contribution is 2.45. The molecule has 1 N–H and O–H groups in total. The summed E-state index contributed by atoms with van der Waals surface area (Å²) in [6.07, 6.45) is 2.24. The number of imidazole rings is 1. The van der Waals surface area contributed by atoms with Gasteiger partial charge in [0.25, 0.3) is 0 Å². The molecule has 0 radical (unpaired) electrons. The van der Waals surface area contributed by atoms with Gasteiger partial charge < -0.3 is 19.2 Å². The van der Waals surface area contributed by atoms with Gasteiger partial charge in [0.2, 0.25) is 0 Å². The Morgan fingerprint density at radius 1 is 1.16 bits per heavy atom. The zero-order chi connectivity index (χ0) is 25.9. The van der Waals surface area contributed by atoms with Crippen molar-refractivity contribution in [2.24, 2.45) is 5.92 Å². The third-order valence-corrected chi connectivity index (χ3v) is 7.61. The molecule has 0 bridgehead atoms. The van der Waals surface area contributed by atoms with E-state index in [2.05, 4.69) is 23.2 Å². The molecule has 1 aliphatic carbocycles. The Kier molecular flexibility index (Phi) is 5.96. The summed E-state index contributed by atoms with van der Waals surface area (Å²) in [7, 11) is 1.70. The maximum atomic E-state index is 13.1. The number of methoxy groups -OCH3 is 1. The van der Waals surface area contributed by atoms with Crippen molar-refractivity contribution >= 4 is 17.7 Å². The number of H-pyrrole nitrogens is 1. The number of fused-ring (bicyclic) bond motifs is 6. The SMILES string of the molecule is COCC1CC(c2nc3c([nH]2)CCc2cc4c(cc2-3)OCc2cc(Cl)ccc2-4)N(C(=O)OC(C)(C)C)C1. The summed E-state index contributed by atoms with van der Waals surface area (Å²) >= 11 is 6.21. The molecule has 1 amide bonds. The quantitative estimate of drug-likeness (QED) is 0.435. The van der Waals surface area contributed by atoms with Gasteiger partial charge >= 0.3 is 6.09 Å². The number of nitrogens with zero attached hydrogens (tertiary/aromatic N) is 2. The number of carbonyl (C=O) groups is 1. The van der Waals surface area contributed by atoms with E-state index in [4.69, 9.17) is 30.8 Å². The first kappa shape index (κ1) is 24.3. The van der Waals surface area contributed by atoms with E-state index in [9.17, 15) is 4.79 Å². The Labute approximate surface area is 222 Å². The van der Waals surface area contributed by atoms with Gasteiger partial charge in [-0.25, -0.2) is 9.78 Å². The van der Waals surface area contributed by atoms with Gasteiger partial charge in [-0.2, -0.15) is 0 Å². The monoisotopic (exact) mass is 521 g/mol. The van der Waals surface area contributed by atoms with Crippen LogP contribution in [0.5, 0.6) is 5.75 Å². The summed E-state index contributed by atoms with van der Waals surface area (Å²) in [6, 6.07) is 10.2. The maximum absolute atomic E-state index is 13.1. The summed E-state index contributed by atoms with van der Waals surface area (Å²) in [5.74, 6) is 1.90. The number of nitrogens with one attached hydrogen (secondary N) is 1. The number of halogens is 1. The molecule has 1 saturated heterocycles. The van der Waals surface area contributed by atoms with Crippen molar-refractivity contribution in [3.8, 4) is 28.1 Å². The zero-order valence-electron chi connectivity index (χ0n) is 21.7. The minimum Gasteiger partial charge on any atom is -0.488 e. The van der Waals surface area contributed by atoms with Crippen LogP contribution < -0.4 is 4.74 Å². The van der Waals surface area contributed by atoms with E-state index in [0.717, 1.165) is 63.9 Å². The van der Waals surface area contributed by atoms with Gasteiger partial charge in [-0.15, -0.1) is 0 Å². The summed E-state index contributed by atoms with van der Waals surface area (Å²) in [4.78, 5) is 23.6. The minimum atomic E-state index is -0.564. The van der Waals surface area contributed by atoms with Crippen LogP contribution in [0.1, 0.15) is 55.9 Å². The van der Waals surface area contributed by atoms with E-state index in [1.54, 1.807) is 12.0 Å². The highest BCUT2D eigenvalue weighted by atomic mass is 35.5. The van der Waals surface area contributed by atoms with E-state index in [1.807, 2.05) is 32.9 Å². The number of aryl methyl sites for hydroxylation is 2. The molecule has 6 rings (SSSR count). The van der Waals surface area contributed by atoms with Gasteiger partial charge in [-0.1, -0.05) is 17.7 Å². The van der Waals surface area contributed by atoms with Crippen LogP contribution in [0.25, 0.3) is 22.4 Å². The molecule has 0 spiro atoms. The largest absolute Gasteiger partial charge is 0.488 e. The van der Waals surface area contributed by atoms with Gasteiger partial charge in [-0.3, -0.25) is 4.90 Å². The van der Waals surface area contributed by atoms with Crippen molar-refractivity contribution in [2.75, 3.05) is 20.3 Å². The van der Waals surface area contributed by atoms with Crippen molar-refractivity contribution in [3.63, 3.8) is 0 Å². The molecule has 3 aromatic rings. The van der Waals surface area contributed by atoms with Crippen LogP contribution in [-0.2, 0) is 28.9 Å². The molecular formula is C29H32ClN3O4. The van der Waals surface area contributed by atoms with Crippen molar-refractivity contribution in [1.29, 1.82) is 0 Å². The summed E-state index contributed by atoms with van der Waals surface area (Å²) in [6.45, 7) is 7.34. The van der Waals surface area contributed by atoms with Crippen LogP contribution in [0.15, 0.2) is 30.3 Å². The van der Waals surface area contributed by atoms with E-state index in [0.29, 0.717) is 19.8 Å². The van der Waals surface area contributed by atoms with Gasteiger partial charge in [0.05, 0.1) is 18.3 Å². The van der Waals surface area contributed by atoms with Crippen LogP contribution in [0, 0.1) is 5.92 Å². The van der Waals surface area contributed by atoms with E-state index >= 15 is 0 Å². The van der Waals surface area contributed by atoms with E-state index in [1.165, 1.54) is 11.1 Å². The van der Waals surface area contributed by atoms with Gasteiger partial charge in [0.1, 0.15) is 23.8 Å². The maximum Gasteiger partial charge on any atom is 0.410 e. The molecule has 2 aromatic carbocycles. The van der Waals surface area contributed by atoms with Crippen LogP contribution in [-0.4, -0.2) is 46.8 Å². The lowest BCUT2D eigenvalue weighted by Gasteiger charge is -2.27. The lowest BCUT2D eigenvalue weighted by atomic mass is 9.87. The number of carbonyl (C=O) groups excluding carboxylic acids is 1. The van der Waals surface area contributed by atoms with Crippen molar-refractivity contribution < 1.29 is 19.0 Å². The van der Waals surface area contributed by atoms with E-state index in [-0.39, 0.29) is 18.1 Å². The number of amides is 1. The van der Waals surface area contributed by atoms with Crippen LogP contribution >= 0.6 is 11.6 Å². The Hall–Kier alpha value is -3.03. The second-order valence-corrected chi connectivity index (χ2v) is 11.7. The standard InChI is InChI=1S/C29H32ClN3O4/c1-29(2,3)37-28(34)33-13-16(14-35-4)9-24(33)27-31-23-8-5-17-11-22-20-7-6-19(30)10-18(20)15-36-25(22)12-21(17)26(23)32-27/h6-7,10-12,16,24H,5,8-9,13-15H2,1-4H3,(H,31,32). The second-order valence-electron chi connectivity index (χ2n) is 11.3. The number of ether oxygens (including phenoxy) is 3. The van der Waals surface area contributed by atoms with Crippen molar-refractivity contribution in [1.82, 2.24) is 14.9 Å². The fraction of sp³-hybridized carbons (Fsp3) is 0.448. The molecule has 2 atom stereocenters. The van der Waals surface area contributed by atoms with Crippen LogP contribution in [0.3, 0.4) is 0 Å². The average molecular weight is 522 g/mol. The summed E-state index contributed by atoms with van der Waals surface area (Å²) in [5, 5.41) is 0.720. The van der Waals surface area contributed by atoms with Crippen molar-refractivity contribution in [3.05, 3.63) is 58.0 Å². The van der Waals surface area contributed by atoms with E-state index < -0.39 is 5.60 Å². The summed E-state index contributed by atoms with van der Waals surface area (Å²) in [5.41, 5.74) is 7.21. The number of hydrogen-bond donors (Lipinski definition) is 1. The van der Waals surface area contributed by atoms with Crippen LogP contribution in [0.2, 0.25) is 5.02 Å². The number of aromatic nitrogens is 2. The Balaban J connectivity index is 1.35. The average Bonchev–Trinajstić information content (AvgIpc) is 3.46. The normalized spacial score (nSPS) is 20.0. The molecule has 1 aromatic heterocycles. The lowest BCUT2D eigenvalue weighted by molar-refractivity contribution is 0.0208. The molecule has 7 nitrogen and oxygen atoms in total. The number of likely N-dealkylation sites (tertiary alicyclic amines) is 1. The lowest BCUT2D eigenvalue weighted by Crippen LogP contribution is -2.37. The fourth-order valence-corrected chi connectivity index (χ4v) is 5.99. The number of hydrogen-bond acceptors (Lipinski definition) is 5. The number of benzene rings is 2. The molecule has 3 heterocycles. The van der Waals surface area contributed by atoms with Gasteiger partial charge in [-0.05, 0) is 81.0 Å². The predicted molar refractivity (Wildman–Crippen MR) is 142 cm³/mol. The summed E-state index contributed by atoms with van der Waals surface area (Å²) < 4.78 is 17.3. The number of rotatable bonds is 3. The molecule has 3 aliphatic rings. The number of aromatic amines is 1. The van der Waals surface area contributed by atoms with Crippen LogP contribution in [0.4, 0.5) is 4.79 Å². The molecular weight excluding hydrogens is 490 g/mol. The second kappa shape index (κ2) is 9.07. The van der Waals surface area contributed by atoms with Gasteiger partial charge in [0, 0.05) is 41.4 Å². The van der Waals surface area contributed by atoms with Crippen molar-refractivity contribution in [2.45, 2.75) is 58.3 Å². The Bertz CT molecular complexity index is 1380. The highest BCUT2D eigenvalue weighted by Gasteiger charge is 2.40. The zero-order valence-corrected chi connectivity index (χ0v) is 22.4. The smallest absolute Gasteiger partial charge is 0.410 e. The molecule has 37 heavy (non-hydrogen) atoms. The molecule has 194 valence electrons. The van der Waals surface area contributed by atoms with Gasteiger partial charge in [0.15, 0.2) is 0 Å². The predicted octanol–water partition coefficient (Wildman–Crippen LogP) is 6.33. The molecule has 1 fully saturated rings. The molecule has 0 saturated carbocycles.